The molecule has 1 aliphatic rings. The highest BCUT2D eigenvalue weighted by Crippen LogP contribution is 2.30. The van der Waals surface area contributed by atoms with E-state index in [1.807, 2.05) is 18.2 Å². The number of aryl methyl sites for hydroxylation is 1. The fourth-order valence-corrected chi connectivity index (χ4v) is 3.79. The summed E-state index contributed by atoms with van der Waals surface area (Å²) in [6, 6.07) is 14.7. The second kappa shape index (κ2) is 8.44. The van der Waals surface area contributed by atoms with Crippen molar-refractivity contribution in [2.45, 2.75) is 32.4 Å². The van der Waals surface area contributed by atoms with Gasteiger partial charge in [-0.2, -0.15) is 0 Å². The van der Waals surface area contributed by atoms with Crippen LogP contribution in [0.2, 0.25) is 0 Å². The highest BCUT2D eigenvalue weighted by molar-refractivity contribution is 5.73. The Bertz CT molecular complexity index is 766. The Hall–Kier alpha value is -2.53. The smallest absolute Gasteiger partial charge is 0.217 e. The minimum Gasteiger partial charge on any atom is -0.497 e. The molecule has 27 heavy (non-hydrogen) atoms. The normalized spacial score (nSPS) is 19.7. The van der Waals surface area contributed by atoms with Crippen LogP contribution in [0.5, 0.6) is 11.5 Å². The fourth-order valence-electron chi connectivity index (χ4n) is 3.79. The monoisotopic (exact) mass is 368 g/mol. The Morgan fingerprint density at radius 1 is 1.07 bits per heavy atom. The summed E-state index contributed by atoms with van der Waals surface area (Å²) in [7, 11) is 3.32. The Kier molecular flexibility index (Phi) is 6.01. The van der Waals surface area contributed by atoms with Crippen molar-refractivity contribution >= 4 is 5.91 Å². The maximum absolute atomic E-state index is 11.7. The van der Waals surface area contributed by atoms with E-state index >= 15 is 0 Å². The quantitative estimate of drug-likeness (QED) is 0.851. The number of likely N-dealkylation sites (tertiary alicyclic amines) is 1. The molecular formula is C22H28N2O3. The van der Waals surface area contributed by atoms with Crippen molar-refractivity contribution < 1.29 is 14.3 Å². The van der Waals surface area contributed by atoms with Gasteiger partial charge in [-0.15, -0.1) is 0 Å². The number of nitrogens with zero attached hydrogens (tertiary/aromatic N) is 1. The Labute approximate surface area is 161 Å². The number of amides is 1. The van der Waals surface area contributed by atoms with Gasteiger partial charge in [0.2, 0.25) is 5.91 Å². The molecule has 2 aromatic carbocycles. The van der Waals surface area contributed by atoms with E-state index in [0.717, 1.165) is 36.7 Å². The number of ether oxygens (including phenoxy) is 2. The van der Waals surface area contributed by atoms with Crippen LogP contribution in [0.1, 0.15) is 29.5 Å². The predicted octanol–water partition coefficient (Wildman–Crippen LogP) is 3.12. The molecule has 1 saturated heterocycles. The lowest BCUT2D eigenvalue weighted by Gasteiger charge is -2.19. The van der Waals surface area contributed by atoms with Crippen LogP contribution in [0, 0.1) is 6.92 Å². The van der Waals surface area contributed by atoms with E-state index in [4.69, 9.17) is 9.47 Å². The second-order valence-corrected chi connectivity index (χ2v) is 7.24. The molecule has 3 rings (SSSR count). The maximum atomic E-state index is 11.7. The minimum atomic E-state index is 0.0158. The van der Waals surface area contributed by atoms with E-state index in [0.29, 0.717) is 0 Å². The maximum Gasteiger partial charge on any atom is 0.217 e. The SMILES string of the molecule is COc1cc(CN2C[C@H](NC(C)=O)[C@@H](c3ccc(C)cc3)C2)cc(OC)c1. The molecule has 5 heteroatoms. The van der Waals surface area contributed by atoms with E-state index in [-0.39, 0.29) is 17.9 Å². The van der Waals surface area contributed by atoms with Gasteiger partial charge in [0.25, 0.3) is 0 Å². The number of rotatable bonds is 6. The third-order valence-corrected chi connectivity index (χ3v) is 5.11. The van der Waals surface area contributed by atoms with Crippen LogP contribution in [0.3, 0.4) is 0 Å². The third-order valence-electron chi connectivity index (χ3n) is 5.11. The van der Waals surface area contributed by atoms with E-state index < -0.39 is 0 Å². The van der Waals surface area contributed by atoms with Gasteiger partial charge in [0.1, 0.15) is 11.5 Å². The standard InChI is InChI=1S/C22H28N2O3/c1-15-5-7-18(8-6-15)21-13-24(14-22(21)23-16(2)25)12-17-9-19(26-3)11-20(10-17)27-4/h5-11,21-22H,12-14H2,1-4H3,(H,23,25)/t21-,22+/m1/s1. The first-order valence-corrected chi connectivity index (χ1v) is 9.26. The summed E-state index contributed by atoms with van der Waals surface area (Å²) >= 11 is 0. The number of benzene rings is 2. The van der Waals surface area contributed by atoms with E-state index in [2.05, 4.69) is 41.4 Å². The summed E-state index contributed by atoms with van der Waals surface area (Å²) in [5.41, 5.74) is 3.65. The molecule has 1 fully saturated rings. The minimum absolute atomic E-state index is 0.0158. The molecule has 5 nitrogen and oxygen atoms in total. The Morgan fingerprint density at radius 3 is 2.26 bits per heavy atom. The molecule has 0 bridgehead atoms. The van der Waals surface area contributed by atoms with Crippen molar-refractivity contribution in [1.29, 1.82) is 0 Å². The molecule has 0 unspecified atom stereocenters. The molecule has 1 heterocycles. The first-order valence-electron chi connectivity index (χ1n) is 9.26. The molecule has 0 spiro atoms. The van der Waals surface area contributed by atoms with Gasteiger partial charge in [-0.1, -0.05) is 29.8 Å². The zero-order valence-corrected chi connectivity index (χ0v) is 16.5. The van der Waals surface area contributed by atoms with Gasteiger partial charge in [0.05, 0.1) is 14.2 Å². The molecule has 0 aliphatic carbocycles. The molecular weight excluding hydrogens is 340 g/mol. The lowest BCUT2D eigenvalue weighted by atomic mass is 9.93. The summed E-state index contributed by atoms with van der Waals surface area (Å²) < 4.78 is 10.8. The highest BCUT2D eigenvalue weighted by atomic mass is 16.5. The Morgan fingerprint density at radius 2 is 1.70 bits per heavy atom. The van der Waals surface area contributed by atoms with Gasteiger partial charge >= 0.3 is 0 Å². The number of carbonyl (C=O) groups excluding carboxylic acids is 1. The van der Waals surface area contributed by atoms with Gasteiger partial charge in [0, 0.05) is 44.6 Å². The summed E-state index contributed by atoms with van der Waals surface area (Å²) in [6.07, 6.45) is 0. The van der Waals surface area contributed by atoms with Crippen molar-refractivity contribution in [3.63, 3.8) is 0 Å². The number of hydrogen-bond donors (Lipinski definition) is 1. The second-order valence-electron chi connectivity index (χ2n) is 7.24. The molecule has 1 aliphatic heterocycles. The van der Waals surface area contributed by atoms with E-state index in [9.17, 15) is 4.79 Å². The van der Waals surface area contributed by atoms with Gasteiger partial charge < -0.3 is 14.8 Å². The zero-order chi connectivity index (χ0) is 19.4. The van der Waals surface area contributed by atoms with Gasteiger partial charge in [0.15, 0.2) is 0 Å². The number of nitrogens with one attached hydrogen (secondary N) is 1. The van der Waals surface area contributed by atoms with Crippen LogP contribution in [-0.2, 0) is 11.3 Å². The highest BCUT2D eigenvalue weighted by Gasteiger charge is 2.34. The van der Waals surface area contributed by atoms with Crippen molar-refractivity contribution in [2.75, 3.05) is 27.3 Å². The zero-order valence-electron chi connectivity index (χ0n) is 16.5. The van der Waals surface area contributed by atoms with Gasteiger partial charge in [-0.3, -0.25) is 9.69 Å². The van der Waals surface area contributed by atoms with Crippen LogP contribution in [0.15, 0.2) is 42.5 Å². The average Bonchev–Trinajstić information content (AvgIpc) is 3.03. The largest absolute Gasteiger partial charge is 0.497 e. The lowest BCUT2D eigenvalue weighted by molar-refractivity contribution is -0.119. The van der Waals surface area contributed by atoms with Crippen LogP contribution in [0.4, 0.5) is 0 Å². The molecule has 2 atom stereocenters. The van der Waals surface area contributed by atoms with Crippen molar-refractivity contribution in [1.82, 2.24) is 10.2 Å². The molecule has 0 radical (unpaired) electrons. The number of carbonyl (C=O) groups is 1. The summed E-state index contributed by atoms with van der Waals surface area (Å²) in [6.45, 7) is 6.17. The molecule has 2 aromatic rings. The fraction of sp³-hybridized carbons (Fsp3) is 0.409. The first-order chi connectivity index (χ1) is 13.0. The average molecular weight is 368 g/mol. The van der Waals surface area contributed by atoms with Crippen molar-refractivity contribution in [2.24, 2.45) is 0 Å². The lowest BCUT2D eigenvalue weighted by Crippen LogP contribution is -2.38. The molecule has 1 amide bonds. The van der Waals surface area contributed by atoms with Crippen LogP contribution < -0.4 is 14.8 Å². The van der Waals surface area contributed by atoms with Crippen molar-refractivity contribution in [3.05, 3.63) is 59.2 Å². The summed E-state index contributed by atoms with van der Waals surface area (Å²) in [4.78, 5) is 14.1. The predicted molar refractivity (Wildman–Crippen MR) is 106 cm³/mol. The third kappa shape index (κ3) is 4.80. The van der Waals surface area contributed by atoms with E-state index in [1.54, 1.807) is 21.1 Å². The van der Waals surface area contributed by atoms with Gasteiger partial charge in [-0.25, -0.2) is 0 Å². The summed E-state index contributed by atoms with van der Waals surface area (Å²) in [5, 5.41) is 3.14. The van der Waals surface area contributed by atoms with E-state index in [1.165, 1.54) is 11.1 Å². The Balaban J connectivity index is 1.79. The van der Waals surface area contributed by atoms with Crippen LogP contribution in [-0.4, -0.2) is 44.2 Å². The van der Waals surface area contributed by atoms with Crippen LogP contribution in [0.25, 0.3) is 0 Å². The first kappa shape index (κ1) is 19.2. The number of hydrogen-bond acceptors (Lipinski definition) is 4. The molecule has 0 saturated carbocycles. The molecule has 0 aromatic heterocycles. The summed E-state index contributed by atoms with van der Waals surface area (Å²) in [5.74, 6) is 1.87. The number of methoxy groups -OCH3 is 2. The van der Waals surface area contributed by atoms with Gasteiger partial charge in [-0.05, 0) is 30.2 Å². The topological polar surface area (TPSA) is 50.8 Å². The molecule has 144 valence electrons. The molecule has 1 N–H and O–H groups in total. The van der Waals surface area contributed by atoms with Crippen molar-refractivity contribution in [3.8, 4) is 11.5 Å². The van der Waals surface area contributed by atoms with Crippen LogP contribution >= 0.6 is 0 Å².